The Balaban J connectivity index is 1.50. The van der Waals surface area contributed by atoms with E-state index in [9.17, 15) is 0 Å². The first-order valence-electron chi connectivity index (χ1n) is 10.6. The number of hydrogen-bond donors (Lipinski definition) is 1. The van der Waals surface area contributed by atoms with Crippen LogP contribution in [-0.2, 0) is 19.5 Å². The molecule has 1 N–H and O–H groups in total. The van der Waals surface area contributed by atoms with Crippen LogP contribution in [0, 0.1) is 6.92 Å². The van der Waals surface area contributed by atoms with Crippen LogP contribution in [0.5, 0.6) is 0 Å². The van der Waals surface area contributed by atoms with Crippen LogP contribution >= 0.6 is 0 Å². The molecule has 0 saturated heterocycles. The normalized spacial score (nSPS) is 14.1. The molecule has 3 heterocycles. The molecule has 4 nitrogen and oxygen atoms in total. The second-order valence-electron chi connectivity index (χ2n) is 8.05. The molecule has 1 aliphatic heterocycles. The van der Waals surface area contributed by atoms with E-state index in [0.29, 0.717) is 0 Å². The Labute approximate surface area is 177 Å². The molecule has 0 unspecified atom stereocenters. The molecule has 5 rings (SSSR count). The minimum absolute atomic E-state index is 0.129. The third kappa shape index (κ3) is 3.66. The van der Waals surface area contributed by atoms with Gasteiger partial charge >= 0.3 is 0 Å². The molecule has 150 valence electrons. The van der Waals surface area contributed by atoms with Crippen LogP contribution in [-0.4, -0.2) is 26.6 Å². The monoisotopic (exact) mass is 394 g/mol. The average molecular weight is 395 g/mol. The molecule has 0 spiro atoms. The molecule has 1 aliphatic rings. The van der Waals surface area contributed by atoms with Crippen LogP contribution in [0.2, 0.25) is 0 Å². The second kappa shape index (κ2) is 8.25. The largest absolute Gasteiger partial charge is 0.293 e. The number of nitrogens with zero attached hydrogens (tertiary/aromatic N) is 3. The maximum Gasteiger partial charge on any atom is 0.0788 e. The minimum Gasteiger partial charge on any atom is -0.293 e. The quantitative estimate of drug-likeness (QED) is 0.526. The number of rotatable bonds is 5. The molecule has 0 aliphatic carbocycles. The van der Waals surface area contributed by atoms with E-state index in [1.807, 2.05) is 12.3 Å². The number of pyridine rings is 1. The van der Waals surface area contributed by atoms with Gasteiger partial charge in [-0.3, -0.25) is 15.0 Å². The number of aromatic amines is 1. The molecule has 2 aromatic heterocycles. The van der Waals surface area contributed by atoms with Crippen molar-refractivity contribution in [3.8, 4) is 0 Å². The zero-order chi connectivity index (χ0) is 20.3. The van der Waals surface area contributed by atoms with E-state index in [1.165, 1.54) is 27.9 Å². The highest BCUT2D eigenvalue weighted by Gasteiger charge is 2.28. The van der Waals surface area contributed by atoms with Crippen LogP contribution in [0.1, 0.15) is 45.3 Å². The lowest BCUT2D eigenvalue weighted by atomic mass is 9.85. The van der Waals surface area contributed by atoms with Gasteiger partial charge in [-0.15, -0.1) is 0 Å². The Morgan fingerprint density at radius 1 is 0.933 bits per heavy atom. The van der Waals surface area contributed by atoms with Crippen molar-refractivity contribution in [3.63, 3.8) is 0 Å². The van der Waals surface area contributed by atoms with Crippen LogP contribution in [0.25, 0.3) is 0 Å². The molecular weight excluding hydrogens is 368 g/mol. The van der Waals surface area contributed by atoms with Gasteiger partial charge in [-0.05, 0) is 29.7 Å². The van der Waals surface area contributed by atoms with E-state index in [2.05, 4.69) is 88.6 Å². The standard InChI is InChI=1S/C26H26N4/c1-19-9-8-15-27-24(19)18-30-16-14-23-22(17-30)26(29-28-23)25(20-10-4-2-5-11-20)21-12-6-3-7-13-21/h2-13,15,25H,14,16-18H2,1H3,(H,28,29). The van der Waals surface area contributed by atoms with Crippen molar-refractivity contribution in [1.82, 2.24) is 20.1 Å². The summed E-state index contributed by atoms with van der Waals surface area (Å²) in [6.07, 6.45) is 2.88. The van der Waals surface area contributed by atoms with Gasteiger partial charge in [0.05, 0.1) is 17.3 Å². The fourth-order valence-corrected chi connectivity index (χ4v) is 4.44. The van der Waals surface area contributed by atoms with Gasteiger partial charge in [0.1, 0.15) is 0 Å². The number of H-pyrrole nitrogens is 1. The van der Waals surface area contributed by atoms with E-state index < -0.39 is 0 Å². The number of nitrogens with one attached hydrogen (secondary N) is 1. The lowest BCUT2D eigenvalue weighted by Crippen LogP contribution is -2.31. The molecule has 0 bridgehead atoms. The Hall–Kier alpha value is -3.24. The van der Waals surface area contributed by atoms with E-state index in [-0.39, 0.29) is 5.92 Å². The summed E-state index contributed by atoms with van der Waals surface area (Å²) >= 11 is 0. The fraction of sp³-hybridized carbons (Fsp3) is 0.231. The summed E-state index contributed by atoms with van der Waals surface area (Å²) in [5.74, 6) is 0.129. The van der Waals surface area contributed by atoms with Crippen LogP contribution < -0.4 is 0 Å². The molecule has 30 heavy (non-hydrogen) atoms. The number of benzene rings is 2. The summed E-state index contributed by atoms with van der Waals surface area (Å²) in [6, 6.07) is 25.6. The first kappa shape index (κ1) is 18.8. The van der Waals surface area contributed by atoms with Crippen molar-refractivity contribution in [2.75, 3.05) is 6.54 Å². The van der Waals surface area contributed by atoms with E-state index in [4.69, 9.17) is 5.10 Å². The molecule has 0 saturated carbocycles. The predicted octanol–water partition coefficient (Wildman–Crippen LogP) is 4.85. The lowest BCUT2D eigenvalue weighted by molar-refractivity contribution is 0.240. The lowest BCUT2D eigenvalue weighted by Gasteiger charge is -2.28. The predicted molar refractivity (Wildman–Crippen MR) is 119 cm³/mol. The van der Waals surface area contributed by atoms with Gasteiger partial charge in [-0.25, -0.2) is 0 Å². The van der Waals surface area contributed by atoms with Gasteiger partial charge in [0.2, 0.25) is 0 Å². The zero-order valence-corrected chi connectivity index (χ0v) is 17.3. The zero-order valence-electron chi connectivity index (χ0n) is 17.3. The van der Waals surface area contributed by atoms with Crippen molar-refractivity contribution in [2.24, 2.45) is 0 Å². The number of fused-ring (bicyclic) bond motifs is 1. The first-order valence-corrected chi connectivity index (χ1v) is 10.6. The Morgan fingerprint density at radius 3 is 2.30 bits per heavy atom. The summed E-state index contributed by atoms with van der Waals surface area (Å²) in [5.41, 5.74) is 8.72. The second-order valence-corrected chi connectivity index (χ2v) is 8.05. The van der Waals surface area contributed by atoms with Crippen LogP contribution in [0.3, 0.4) is 0 Å². The molecule has 0 fully saturated rings. The number of aromatic nitrogens is 3. The highest BCUT2D eigenvalue weighted by Crippen LogP contribution is 2.35. The summed E-state index contributed by atoms with van der Waals surface area (Å²) in [7, 11) is 0. The van der Waals surface area contributed by atoms with Gasteiger partial charge in [-0.2, -0.15) is 5.10 Å². The van der Waals surface area contributed by atoms with Gasteiger partial charge in [0.25, 0.3) is 0 Å². The molecule has 4 aromatic rings. The van der Waals surface area contributed by atoms with Crippen molar-refractivity contribution < 1.29 is 0 Å². The Bertz CT molecular complexity index is 1080. The van der Waals surface area contributed by atoms with Crippen molar-refractivity contribution in [1.29, 1.82) is 0 Å². The highest BCUT2D eigenvalue weighted by atomic mass is 15.2. The molecule has 2 aromatic carbocycles. The van der Waals surface area contributed by atoms with Gasteiger partial charge in [0, 0.05) is 43.5 Å². The molecule has 0 atom stereocenters. The third-order valence-electron chi connectivity index (χ3n) is 6.08. The average Bonchev–Trinajstić information content (AvgIpc) is 3.20. The molecule has 0 radical (unpaired) electrons. The van der Waals surface area contributed by atoms with Crippen LogP contribution in [0.15, 0.2) is 79.0 Å². The minimum atomic E-state index is 0.129. The van der Waals surface area contributed by atoms with Gasteiger partial charge in [0.15, 0.2) is 0 Å². The number of hydrogen-bond acceptors (Lipinski definition) is 3. The van der Waals surface area contributed by atoms with Gasteiger partial charge in [-0.1, -0.05) is 66.7 Å². The maximum atomic E-state index is 4.84. The molecule has 0 amide bonds. The maximum absolute atomic E-state index is 4.84. The summed E-state index contributed by atoms with van der Waals surface area (Å²) in [4.78, 5) is 7.09. The van der Waals surface area contributed by atoms with Gasteiger partial charge < -0.3 is 0 Å². The van der Waals surface area contributed by atoms with E-state index in [0.717, 1.165) is 37.4 Å². The molecular formula is C26H26N4. The highest BCUT2D eigenvalue weighted by molar-refractivity contribution is 5.45. The van der Waals surface area contributed by atoms with Crippen LogP contribution in [0.4, 0.5) is 0 Å². The Kier molecular flexibility index (Phi) is 5.16. The first-order chi connectivity index (χ1) is 14.8. The third-order valence-corrected chi connectivity index (χ3v) is 6.08. The molecule has 4 heteroatoms. The van der Waals surface area contributed by atoms with E-state index >= 15 is 0 Å². The number of aryl methyl sites for hydroxylation is 1. The van der Waals surface area contributed by atoms with Crippen molar-refractivity contribution >= 4 is 0 Å². The topological polar surface area (TPSA) is 44.8 Å². The van der Waals surface area contributed by atoms with E-state index in [1.54, 1.807) is 0 Å². The van der Waals surface area contributed by atoms with Crippen molar-refractivity contribution in [2.45, 2.75) is 32.4 Å². The summed E-state index contributed by atoms with van der Waals surface area (Å²) in [6.45, 7) is 4.93. The van der Waals surface area contributed by atoms with Crippen molar-refractivity contribution in [3.05, 3.63) is 118 Å². The SMILES string of the molecule is Cc1cccnc1CN1CCc2[nH]nc(C(c3ccccc3)c3ccccc3)c2C1. The smallest absolute Gasteiger partial charge is 0.0788 e. The Morgan fingerprint density at radius 2 is 1.63 bits per heavy atom. The fourth-order valence-electron chi connectivity index (χ4n) is 4.44. The summed E-state index contributed by atoms with van der Waals surface area (Å²) in [5, 5.41) is 8.19. The summed E-state index contributed by atoms with van der Waals surface area (Å²) < 4.78 is 0.